The lowest BCUT2D eigenvalue weighted by Crippen LogP contribution is -2.32. The van der Waals surface area contributed by atoms with Crippen LogP contribution in [0.15, 0.2) is 67.0 Å². The van der Waals surface area contributed by atoms with Crippen LogP contribution in [0, 0.1) is 0 Å². The van der Waals surface area contributed by atoms with Crippen LogP contribution in [0.1, 0.15) is 23.7 Å². The van der Waals surface area contributed by atoms with Gasteiger partial charge in [0.1, 0.15) is 0 Å². The monoisotopic (exact) mass is 373 g/mol. The normalized spacial score (nSPS) is 12.0. The van der Waals surface area contributed by atoms with Crippen LogP contribution in [-0.4, -0.2) is 27.9 Å². The molecule has 0 bridgehead atoms. The minimum absolute atomic E-state index is 0.352. The number of aromatic nitrogens is 2. The smallest absolute Gasteiger partial charge is 0.338 e. The van der Waals surface area contributed by atoms with Gasteiger partial charge in [0, 0.05) is 11.1 Å². The van der Waals surface area contributed by atoms with Crippen LogP contribution in [-0.2, 0) is 9.53 Å². The third-order valence-electron chi connectivity index (χ3n) is 4.62. The van der Waals surface area contributed by atoms with Crippen molar-refractivity contribution in [3.8, 4) is 0 Å². The second-order valence-corrected chi connectivity index (χ2v) is 6.45. The van der Waals surface area contributed by atoms with Gasteiger partial charge in [-0.2, -0.15) is 0 Å². The molecule has 4 aromatic rings. The van der Waals surface area contributed by atoms with E-state index in [1.807, 2.05) is 42.5 Å². The van der Waals surface area contributed by atoms with Crippen LogP contribution < -0.4 is 5.32 Å². The summed E-state index contributed by atoms with van der Waals surface area (Å²) in [5, 5.41) is 4.85. The Morgan fingerprint density at radius 3 is 2.79 bits per heavy atom. The molecule has 0 aliphatic rings. The van der Waals surface area contributed by atoms with Crippen molar-refractivity contribution >= 4 is 39.4 Å². The molecule has 0 saturated heterocycles. The molecule has 0 saturated carbocycles. The van der Waals surface area contributed by atoms with E-state index in [9.17, 15) is 9.59 Å². The number of imidazole rings is 1. The summed E-state index contributed by atoms with van der Waals surface area (Å²) < 4.78 is 5.47. The second-order valence-electron chi connectivity index (χ2n) is 6.45. The van der Waals surface area contributed by atoms with Gasteiger partial charge in [-0.1, -0.05) is 43.3 Å². The molecule has 140 valence electrons. The topological polar surface area (TPSA) is 84.1 Å². The largest absolute Gasteiger partial charge is 0.449 e. The van der Waals surface area contributed by atoms with Crippen LogP contribution in [0.4, 0.5) is 5.69 Å². The maximum atomic E-state index is 12.7. The van der Waals surface area contributed by atoms with Gasteiger partial charge in [0.25, 0.3) is 5.91 Å². The number of anilines is 1. The first-order valence-corrected chi connectivity index (χ1v) is 9.08. The summed E-state index contributed by atoms with van der Waals surface area (Å²) >= 11 is 0. The van der Waals surface area contributed by atoms with Crippen molar-refractivity contribution in [1.82, 2.24) is 9.97 Å². The van der Waals surface area contributed by atoms with Crippen molar-refractivity contribution in [1.29, 1.82) is 0 Å². The Morgan fingerprint density at radius 2 is 1.93 bits per heavy atom. The molecule has 0 aliphatic carbocycles. The van der Waals surface area contributed by atoms with Gasteiger partial charge in [-0.05, 0) is 36.1 Å². The van der Waals surface area contributed by atoms with E-state index < -0.39 is 12.1 Å². The minimum atomic E-state index is -0.885. The minimum Gasteiger partial charge on any atom is -0.449 e. The van der Waals surface area contributed by atoms with Gasteiger partial charge in [0.2, 0.25) is 0 Å². The Labute approximate surface area is 161 Å². The first-order valence-electron chi connectivity index (χ1n) is 9.08. The van der Waals surface area contributed by atoms with Crippen molar-refractivity contribution in [3.05, 3.63) is 72.6 Å². The fourth-order valence-electron chi connectivity index (χ4n) is 3.13. The summed E-state index contributed by atoms with van der Waals surface area (Å²) in [6.45, 7) is 1.80. The number of H-pyrrole nitrogens is 1. The summed E-state index contributed by atoms with van der Waals surface area (Å²) in [6, 6.07) is 18.5. The molecule has 4 rings (SSSR count). The van der Waals surface area contributed by atoms with E-state index in [2.05, 4.69) is 15.3 Å². The van der Waals surface area contributed by atoms with Crippen molar-refractivity contribution < 1.29 is 14.3 Å². The Balaban J connectivity index is 1.51. The van der Waals surface area contributed by atoms with Crippen LogP contribution in [0.25, 0.3) is 21.8 Å². The fraction of sp³-hybridized carbons (Fsp3) is 0.136. The van der Waals surface area contributed by atoms with E-state index in [1.165, 1.54) is 0 Å². The molecule has 1 unspecified atom stereocenters. The summed E-state index contributed by atoms with van der Waals surface area (Å²) in [5.41, 5.74) is 2.56. The highest BCUT2D eigenvalue weighted by Gasteiger charge is 2.23. The third-order valence-corrected chi connectivity index (χ3v) is 4.62. The Bertz CT molecular complexity index is 1160. The lowest BCUT2D eigenvalue weighted by atomic mass is 10.1. The number of aromatic amines is 1. The number of rotatable bonds is 5. The Morgan fingerprint density at radius 1 is 1.11 bits per heavy atom. The number of fused-ring (bicyclic) bond motifs is 2. The highest BCUT2D eigenvalue weighted by molar-refractivity contribution is 6.04. The second kappa shape index (κ2) is 7.52. The van der Waals surface area contributed by atoms with Gasteiger partial charge in [-0.25, -0.2) is 9.78 Å². The van der Waals surface area contributed by atoms with Crippen molar-refractivity contribution in [2.45, 2.75) is 19.4 Å². The summed E-state index contributed by atoms with van der Waals surface area (Å²) in [4.78, 5) is 32.3. The van der Waals surface area contributed by atoms with Gasteiger partial charge >= 0.3 is 5.97 Å². The molecule has 2 N–H and O–H groups in total. The maximum Gasteiger partial charge on any atom is 0.338 e. The zero-order valence-corrected chi connectivity index (χ0v) is 15.3. The molecule has 1 heterocycles. The maximum absolute atomic E-state index is 12.7. The molecular weight excluding hydrogens is 354 g/mol. The van der Waals surface area contributed by atoms with E-state index in [1.54, 1.807) is 31.5 Å². The summed E-state index contributed by atoms with van der Waals surface area (Å²) in [7, 11) is 0. The van der Waals surface area contributed by atoms with E-state index in [0.717, 1.165) is 21.8 Å². The van der Waals surface area contributed by atoms with E-state index in [0.29, 0.717) is 17.7 Å². The van der Waals surface area contributed by atoms with Gasteiger partial charge in [0.05, 0.1) is 22.9 Å². The molecule has 1 atom stereocenters. The lowest BCUT2D eigenvalue weighted by Gasteiger charge is -2.17. The number of ether oxygens (including phenoxy) is 1. The SMILES string of the molecule is CCC(OC(=O)c1ccc2nc[nH]c2c1)C(=O)Nc1cccc2ccccc12. The molecule has 6 nitrogen and oxygen atoms in total. The Kier molecular flexibility index (Phi) is 4.76. The first kappa shape index (κ1) is 17.7. The van der Waals surface area contributed by atoms with Crippen LogP contribution >= 0.6 is 0 Å². The standard InChI is InChI=1S/C22H19N3O3/c1-2-20(28-22(27)15-10-11-18-19(12-15)24-13-23-18)21(26)25-17-9-5-7-14-6-3-4-8-16(14)17/h3-13,20H,2H2,1H3,(H,23,24)(H,25,26). The van der Waals surface area contributed by atoms with Gasteiger partial charge in [-0.15, -0.1) is 0 Å². The van der Waals surface area contributed by atoms with E-state index in [4.69, 9.17) is 4.74 Å². The predicted octanol–water partition coefficient (Wildman–Crippen LogP) is 4.29. The number of hydrogen-bond donors (Lipinski definition) is 2. The number of nitrogens with one attached hydrogen (secondary N) is 2. The number of nitrogens with zero attached hydrogens (tertiary/aromatic N) is 1. The molecule has 0 spiro atoms. The predicted molar refractivity (Wildman–Crippen MR) is 108 cm³/mol. The zero-order chi connectivity index (χ0) is 19.5. The van der Waals surface area contributed by atoms with Gasteiger partial charge in [0.15, 0.2) is 6.10 Å². The van der Waals surface area contributed by atoms with Crippen LogP contribution in [0.2, 0.25) is 0 Å². The number of amides is 1. The molecular formula is C22H19N3O3. The number of carbonyl (C=O) groups is 2. The van der Waals surface area contributed by atoms with Gasteiger partial charge in [-0.3, -0.25) is 4.79 Å². The van der Waals surface area contributed by atoms with Crippen molar-refractivity contribution in [3.63, 3.8) is 0 Å². The highest BCUT2D eigenvalue weighted by atomic mass is 16.5. The van der Waals surface area contributed by atoms with Crippen LogP contribution in [0.5, 0.6) is 0 Å². The summed E-state index contributed by atoms with van der Waals surface area (Å²) in [6.07, 6.45) is 1.05. The van der Waals surface area contributed by atoms with Gasteiger partial charge < -0.3 is 15.0 Å². The number of benzene rings is 3. The molecule has 1 aromatic heterocycles. The van der Waals surface area contributed by atoms with Crippen molar-refractivity contribution in [2.75, 3.05) is 5.32 Å². The molecule has 3 aromatic carbocycles. The Hall–Kier alpha value is -3.67. The average molecular weight is 373 g/mol. The molecule has 0 fully saturated rings. The fourth-order valence-corrected chi connectivity index (χ4v) is 3.13. The van der Waals surface area contributed by atoms with E-state index >= 15 is 0 Å². The lowest BCUT2D eigenvalue weighted by molar-refractivity contribution is -0.124. The van der Waals surface area contributed by atoms with Crippen molar-refractivity contribution in [2.24, 2.45) is 0 Å². The molecule has 6 heteroatoms. The molecule has 0 radical (unpaired) electrons. The number of carbonyl (C=O) groups excluding carboxylic acids is 2. The molecule has 0 aliphatic heterocycles. The molecule has 1 amide bonds. The van der Waals surface area contributed by atoms with Crippen LogP contribution in [0.3, 0.4) is 0 Å². The molecule has 28 heavy (non-hydrogen) atoms. The number of esters is 1. The highest BCUT2D eigenvalue weighted by Crippen LogP contribution is 2.23. The zero-order valence-electron chi connectivity index (χ0n) is 15.3. The summed E-state index contributed by atoms with van der Waals surface area (Å²) in [5.74, 6) is -0.897. The number of hydrogen-bond acceptors (Lipinski definition) is 4. The quantitative estimate of drug-likeness (QED) is 0.511. The third kappa shape index (κ3) is 3.44. The average Bonchev–Trinajstić information content (AvgIpc) is 3.20. The van der Waals surface area contributed by atoms with E-state index in [-0.39, 0.29) is 5.91 Å². The first-order chi connectivity index (χ1) is 13.7.